The molecule has 2 heterocycles. The Hall–Kier alpha value is -4.27. The third kappa shape index (κ3) is 5.51. The molecule has 1 aliphatic heterocycles. The van der Waals surface area contributed by atoms with Gasteiger partial charge in [-0.3, -0.25) is 24.3 Å². The number of anilines is 1. The summed E-state index contributed by atoms with van der Waals surface area (Å²) in [5.74, 6) is -1.02. The number of halogens is 1. The number of hydrogen-bond acceptors (Lipinski definition) is 6. The van der Waals surface area contributed by atoms with E-state index in [4.69, 9.17) is 9.47 Å². The van der Waals surface area contributed by atoms with E-state index >= 15 is 0 Å². The van der Waals surface area contributed by atoms with Gasteiger partial charge in [0.05, 0.1) is 17.9 Å². The maximum absolute atomic E-state index is 13.3. The van der Waals surface area contributed by atoms with E-state index in [0.29, 0.717) is 17.1 Å². The predicted octanol–water partition coefficient (Wildman–Crippen LogP) is 2.52. The molecule has 1 aliphatic rings. The van der Waals surface area contributed by atoms with Crippen LogP contribution in [0.5, 0.6) is 11.5 Å². The van der Waals surface area contributed by atoms with Crippen LogP contribution >= 0.6 is 0 Å². The molecule has 0 atom stereocenters. The highest BCUT2D eigenvalue weighted by atomic mass is 19.1. The molecule has 0 unspecified atom stereocenters. The number of ketones is 1. The molecule has 0 saturated carbocycles. The molecule has 8 nitrogen and oxygen atoms in total. The summed E-state index contributed by atoms with van der Waals surface area (Å²) in [7, 11) is 0. The zero-order valence-corrected chi connectivity index (χ0v) is 17.5. The van der Waals surface area contributed by atoms with E-state index in [1.54, 1.807) is 36.5 Å². The van der Waals surface area contributed by atoms with Gasteiger partial charge in [0.15, 0.2) is 19.0 Å². The predicted molar refractivity (Wildman–Crippen MR) is 117 cm³/mol. The van der Waals surface area contributed by atoms with Gasteiger partial charge in [0, 0.05) is 17.8 Å². The van der Waals surface area contributed by atoms with E-state index in [1.807, 2.05) is 6.07 Å². The highest BCUT2D eigenvalue weighted by Gasteiger charge is 2.28. The van der Waals surface area contributed by atoms with E-state index in [2.05, 4.69) is 10.3 Å². The molecule has 2 amide bonds. The number of nitrogens with one attached hydrogen (secondary N) is 1. The number of nitrogens with zero attached hydrogens (tertiary/aromatic N) is 2. The summed E-state index contributed by atoms with van der Waals surface area (Å²) in [6.45, 7) is -0.543. The number of hydrogen-bond donors (Lipinski definition) is 1. The number of ether oxygens (including phenoxy) is 2. The molecule has 1 N–H and O–H groups in total. The summed E-state index contributed by atoms with van der Waals surface area (Å²) in [6.07, 6.45) is 1.62. The Morgan fingerprint density at radius 2 is 2.00 bits per heavy atom. The first-order valence-corrected chi connectivity index (χ1v) is 10.1. The number of amides is 2. The number of carbonyl (C=O) groups excluding carboxylic acids is 3. The summed E-state index contributed by atoms with van der Waals surface area (Å²) >= 11 is 0. The number of carbonyl (C=O) groups is 3. The summed E-state index contributed by atoms with van der Waals surface area (Å²) in [4.78, 5) is 42.9. The highest BCUT2D eigenvalue weighted by molar-refractivity contribution is 6.04. The largest absolute Gasteiger partial charge is 0.485 e. The van der Waals surface area contributed by atoms with E-state index in [-0.39, 0.29) is 49.3 Å². The van der Waals surface area contributed by atoms with Crippen LogP contribution in [-0.2, 0) is 16.1 Å². The quantitative estimate of drug-likeness (QED) is 0.531. The summed E-state index contributed by atoms with van der Waals surface area (Å²) in [5.41, 5.74) is 1.27. The first-order valence-electron chi connectivity index (χ1n) is 10.1. The molecule has 0 aliphatic carbocycles. The molecule has 3 aromatic rings. The van der Waals surface area contributed by atoms with Crippen LogP contribution < -0.4 is 19.7 Å². The number of fused-ring (bicyclic) bond motifs is 1. The molecule has 0 radical (unpaired) electrons. The third-order valence-electron chi connectivity index (χ3n) is 4.88. The van der Waals surface area contributed by atoms with Crippen LogP contribution in [0.1, 0.15) is 16.1 Å². The van der Waals surface area contributed by atoms with Crippen molar-refractivity contribution < 1.29 is 28.2 Å². The maximum atomic E-state index is 13.3. The van der Waals surface area contributed by atoms with Crippen molar-refractivity contribution in [2.24, 2.45) is 0 Å². The van der Waals surface area contributed by atoms with Gasteiger partial charge in [0.25, 0.3) is 5.91 Å². The van der Waals surface area contributed by atoms with Gasteiger partial charge in [0.1, 0.15) is 23.9 Å². The fourth-order valence-electron chi connectivity index (χ4n) is 3.23. The van der Waals surface area contributed by atoms with Crippen LogP contribution in [0.2, 0.25) is 0 Å². The molecule has 0 saturated heterocycles. The molecule has 2 aromatic carbocycles. The van der Waals surface area contributed by atoms with Gasteiger partial charge in [-0.1, -0.05) is 12.1 Å². The minimum Gasteiger partial charge on any atom is -0.485 e. The highest BCUT2D eigenvalue weighted by Crippen LogP contribution is 2.33. The van der Waals surface area contributed by atoms with Crippen LogP contribution in [0.25, 0.3) is 0 Å². The maximum Gasteiger partial charge on any atom is 0.265 e. The van der Waals surface area contributed by atoms with Crippen molar-refractivity contribution >= 4 is 23.3 Å². The molecule has 168 valence electrons. The SMILES string of the molecule is O=C(CN1C(=O)COc2ccc(C(=O)COc3cccc(F)c3)cc21)NCc1ccccn1. The van der Waals surface area contributed by atoms with Crippen molar-refractivity contribution in [3.8, 4) is 11.5 Å². The minimum atomic E-state index is -0.471. The fraction of sp³-hybridized carbons (Fsp3) is 0.167. The Morgan fingerprint density at radius 1 is 1.12 bits per heavy atom. The molecule has 33 heavy (non-hydrogen) atoms. The Morgan fingerprint density at radius 3 is 2.79 bits per heavy atom. The van der Waals surface area contributed by atoms with Crippen molar-refractivity contribution in [2.45, 2.75) is 6.54 Å². The molecule has 0 bridgehead atoms. The molecule has 0 fully saturated rings. The number of Topliss-reactive ketones (excluding diaryl/α,β-unsaturated/α-hetero) is 1. The Labute approximate surface area is 189 Å². The molecule has 0 spiro atoms. The molecule has 9 heteroatoms. The summed E-state index contributed by atoms with van der Waals surface area (Å²) < 4.78 is 24.1. The van der Waals surface area contributed by atoms with Crippen LogP contribution in [0, 0.1) is 5.82 Å². The lowest BCUT2D eigenvalue weighted by Gasteiger charge is -2.29. The second-order valence-electron chi connectivity index (χ2n) is 7.22. The van der Waals surface area contributed by atoms with Crippen molar-refractivity contribution in [3.05, 3.63) is 83.9 Å². The van der Waals surface area contributed by atoms with Crippen molar-refractivity contribution in [1.29, 1.82) is 0 Å². The summed E-state index contributed by atoms with van der Waals surface area (Å²) in [5, 5.41) is 2.72. The zero-order valence-electron chi connectivity index (χ0n) is 17.5. The Balaban J connectivity index is 1.44. The molecule has 1 aromatic heterocycles. The average molecular weight is 449 g/mol. The van der Waals surface area contributed by atoms with Gasteiger partial charge >= 0.3 is 0 Å². The van der Waals surface area contributed by atoms with Gasteiger partial charge in [-0.15, -0.1) is 0 Å². The van der Waals surface area contributed by atoms with Gasteiger partial charge in [-0.2, -0.15) is 0 Å². The smallest absolute Gasteiger partial charge is 0.265 e. The van der Waals surface area contributed by atoms with Gasteiger partial charge in [0.2, 0.25) is 5.91 Å². The molecular weight excluding hydrogens is 429 g/mol. The van der Waals surface area contributed by atoms with Crippen molar-refractivity contribution in [1.82, 2.24) is 10.3 Å². The van der Waals surface area contributed by atoms with Gasteiger partial charge < -0.3 is 14.8 Å². The second kappa shape index (κ2) is 9.90. The van der Waals surface area contributed by atoms with E-state index in [1.165, 1.54) is 29.2 Å². The second-order valence-corrected chi connectivity index (χ2v) is 7.22. The Kier molecular flexibility index (Phi) is 6.58. The molecule has 4 rings (SSSR count). The number of rotatable bonds is 8. The van der Waals surface area contributed by atoms with Crippen LogP contribution in [-0.4, -0.2) is 42.3 Å². The van der Waals surface area contributed by atoms with E-state index < -0.39 is 11.7 Å². The Bertz CT molecular complexity index is 1190. The monoisotopic (exact) mass is 449 g/mol. The molecular formula is C24H20FN3O5. The number of aromatic nitrogens is 1. The average Bonchev–Trinajstić information content (AvgIpc) is 2.83. The van der Waals surface area contributed by atoms with Crippen LogP contribution in [0.15, 0.2) is 66.9 Å². The summed E-state index contributed by atoms with van der Waals surface area (Å²) in [6, 6.07) is 15.4. The number of benzene rings is 2. The minimum absolute atomic E-state index is 0.212. The third-order valence-corrected chi connectivity index (χ3v) is 4.88. The lowest BCUT2D eigenvalue weighted by atomic mass is 10.1. The van der Waals surface area contributed by atoms with Crippen molar-refractivity contribution in [3.63, 3.8) is 0 Å². The van der Waals surface area contributed by atoms with Crippen molar-refractivity contribution in [2.75, 3.05) is 24.7 Å². The van der Waals surface area contributed by atoms with Gasteiger partial charge in [-0.05, 0) is 42.5 Å². The zero-order chi connectivity index (χ0) is 23.2. The van der Waals surface area contributed by atoms with E-state index in [9.17, 15) is 18.8 Å². The normalized spacial score (nSPS) is 12.5. The fourth-order valence-corrected chi connectivity index (χ4v) is 3.23. The van der Waals surface area contributed by atoms with Crippen LogP contribution in [0.3, 0.4) is 0 Å². The van der Waals surface area contributed by atoms with Gasteiger partial charge in [-0.25, -0.2) is 4.39 Å². The first kappa shape index (κ1) is 21.9. The topological polar surface area (TPSA) is 97.8 Å². The lowest BCUT2D eigenvalue weighted by molar-refractivity contribution is -0.125. The first-order chi connectivity index (χ1) is 16.0. The van der Waals surface area contributed by atoms with E-state index in [0.717, 1.165) is 0 Å². The lowest BCUT2D eigenvalue weighted by Crippen LogP contribution is -2.45. The standard InChI is InChI=1S/C24H20FN3O5/c25-17-4-3-6-19(11-17)32-14-21(29)16-7-8-22-20(10-16)28(24(31)15-33-22)13-23(30)27-12-18-5-1-2-9-26-18/h1-11H,12-15H2,(H,27,30). The van der Waals surface area contributed by atoms with Crippen LogP contribution in [0.4, 0.5) is 10.1 Å². The number of pyridine rings is 1.